The van der Waals surface area contributed by atoms with Crippen molar-refractivity contribution in [3.05, 3.63) is 42.1 Å². The van der Waals surface area contributed by atoms with Crippen LogP contribution < -0.4 is 10.6 Å². The minimum atomic E-state index is 0.0701. The molecular formula is C18H22N6O2. The van der Waals surface area contributed by atoms with Gasteiger partial charge in [0.2, 0.25) is 5.91 Å². The van der Waals surface area contributed by atoms with E-state index in [2.05, 4.69) is 25.9 Å². The van der Waals surface area contributed by atoms with Crippen LogP contribution >= 0.6 is 0 Å². The number of carbonyl (C=O) groups excluding carboxylic acids is 1. The van der Waals surface area contributed by atoms with Gasteiger partial charge in [0.05, 0.1) is 12.8 Å². The van der Waals surface area contributed by atoms with Gasteiger partial charge in [0.15, 0.2) is 11.5 Å². The first-order valence-corrected chi connectivity index (χ1v) is 9.05. The van der Waals surface area contributed by atoms with Crippen LogP contribution in [0, 0.1) is 0 Å². The summed E-state index contributed by atoms with van der Waals surface area (Å²) in [5.74, 6) is 2.29. The fourth-order valence-electron chi connectivity index (χ4n) is 3.27. The van der Waals surface area contributed by atoms with Crippen LogP contribution in [0.5, 0.6) is 0 Å². The average molecular weight is 354 g/mol. The van der Waals surface area contributed by atoms with Crippen molar-refractivity contribution in [3.63, 3.8) is 0 Å². The Kier molecular flexibility index (Phi) is 4.81. The molecule has 0 spiro atoms. The highest BCUT2D eigenvalue weighted by Gasteiger charge is 2.17. The molecule has 4 rings (SSSR count). The number of anilines is 1. The Morgan fingerprint density at radius 3 is 2.92 bits per heavy atom. The van der Waals surface area contributed by atoms with Crippen molar-refractivity contribution in [1.29, 1.82) is 0 Å². The lowest BCUT2D eigenvalue weighted by molar-refractivity contribution is -0.121. The first-order chi connectivity index (χ1) is 12.8. The molecule has 3 aromatic heterocycles. The molecule has 8 nitrogen and oxygen atoms in total. The predicted molar refractivity (Wildman–Crippen MR) is 95.5 cm³/mol. The number of amides is 1. The minimum absolute atomic E-state index is 0.0701. The summed E-state index contributed by atoms with van der Waals surface area (Å²) in [5, 5.41) is 19.1. The van der Waals surface area contributed by atoms with Crippen molar-refractivity contribution in [3.8, 4) is 0 Å². The standard InChI is InChI=1S/C18H22N6O2/c25-18(20-13-4-1-2-5-13)10-9-17-22-21-16-8-7-15(23-24(16)17)19-12-14-6-3-11-26-14/h3,6-8,11,13H,1-2,4-5,9-10,12H2,(H,19,23)(H,20,25). The Morgan fingerprint density at radius 1 is 1.23 bits per heavy atom. The third kappa shape index (κ3) is 3.84. The van der Waals surface area contributed by atoms with E-state index in [9.17, 15) is 4.79 Å². The second kappa shape index (κ2) is 7.55. The number of aryl methyl sites for hydroxylation is 1. The summed E-state index contributed by atoms with van der Waals surface area (Å²) in [6.07, 6.45) is 7.13. The molecule has 0 atom stereocenters. The van der Waals surface area contributed by atoms with Gasteiger partial charge >= 0.3 is 0 Å². The summed E-state index contributed by atoms with van der Waals surface area (Å²) in [5.41, 5.74) is 0.666. The number of fused-ring (bicyclic) bond motifs is 1. The molecule has 136 valence electrons. The number of hydrogen-bond acceptors (Lipinski definition) is 6. The third-order valence-corrected chi connectivity index (χ3v) is 4.65. The van der Waals surface area contributed by atoms with E-state index in [4.69, 9.17) is 4.42 Å². The Labute approximate surface area is 151 Å². The number of furan rings is 1. The molecule has 1 aliphatic rings. The first kappa shape index (κ1) is 16.6. The molecule has 1 fully saturated rings. The Bertz CT molecular complexity index is 867. The van der Waals surface area contributed by atoms with E-state index < -0.39 is 0 Å². The topological polar surface area (TPSA) is 97.4 Å². The summed E-state index contributed by atoms with van der Waals surface area (Å²) >= 11 is 0. The van der Waals surface area contributed by atoms with Gasteiger partial charge < -0.3 is 15.1 Å². The molecule has 0 aromatic carbocycles. The van der Waals surface area contributed by atoms with Crippen LogP contribution in [0.4, 0.5) is 5.82 Å². The van der Waals surface area contributed by atoms with Gasteiger partial charge in [0, 0.05) is 18.9 Å². The number of nitrogens with zero attached hydrogens (tertiary/aromatic N) is 4. The Balaban J connectivity index is 1.38. The van der Waals surface area contributed by atoms with Crippen molar-refractivity contribution >= 4 is 17.4 Å². The SMILES string of the molecule is O=C(CCc1nnc2ccc(NCc3ccco3)nn12)NC1CCCC1. The molecule has 1 amide bonds. The van der Waals surface area contributed by atoms with Crippen LogP contribution in [0.1, 0.15) is 43.7 Å². The molecule has 2 N–H and O–H groups in total. The lowest BCUT2D eigenvalue weighted by Crippen LogP contribution is -2.32. The molecule has 3 aromatic rings. The molecule has 8 heteroatoms. The summed E-state index contributed by atoms with van der Waals surface area (Å²) in [6.45, 7) is 0.548. The van der Waals surface area contributed by atoms with Crippen LogP contribution in [-0.4, -0.2) is 31.8 Å². The molecule has 26 heavy (non-hydrogen) atoms. The quantitative estimate of drug-likeness (QED) is 0.676. The average Bonchev–Trinajstić information content (AvgIpc) is 3.40. The van der Waals surface area contributed by atoms with Gasteiger partial charge in [-0.15, -0.1) is 15.3 Å². The molecule has 0 radical (unpaired) electrons. The summed E-state index contributed by atoms with van der Waals surface area (Å²) in [6, 6.07) is 7.80. The number of nitrogens with one attached hydrogen (secondary N) is 2. The van der Waals surface area contributed by atoms with E-state index in [0.717, 1.165) is 18.6 Å². The van der Waals surface area contributed by atoms with Gasteiger partial charge in [-0.05, 0) is 37.1 Å². The van der Waals surface area contributed by atoms with Gasteiger partial charge in [0.25, 0.3) is 0 Å². The smallest absolute Gasteiger partial charge is 0.220 e. The zero-order valence-corrected chi connectivity index (χ0v) is 14.5. The maximum absolute atomic E-state index is 12.1. The van der Waals surface area contributed by atoms with E-state index in [1.165, 1.54) is 12.8 Å². The molecule has 0 aliphatic heterocycles. The highest BCUT2D eigenvalue weighted by atomic mass is 16.3. The highest BCUT2D eigenvalue weighted by molar-refractivity contribution is 5.76. The van der Waals surface area contributed by atoms with Gasteiger partial charge in [-0.2, -0.15) is 4.52 Å². The van der Waals surface area contributed by atoms with Gasteiger partial charge in [-0.25, -0.2) is 0 Å². The van der Waals surface area contributed by atoms with Gasteiger partial charge in [0.1, 0.15) is 11.6 Å². The van der Waals surface area contributed by atoms with Gasteiger partial charge in [-0.1, -0.05) is 12.8 Å². The molecule has 0 unspecified atom stereocenters. The molecule has 3 heterocycles. The zero-order chi connectivity index (χ0) is 17.8. The van der Waals surface area contributed by atoms with E-state index in [1.54, 1.807) is 10.8 Å². The fraction of sp³-hybridized carbons (Fsp3) is 0.444. The second-order valence-electron chi connectivity index (χ2n) is 6.59. The van der Waals surface area contributed by atoms with Crippen LogP contribution in [0.15, 0.2) is 34.9 Å². The molecule has 1 saturated carbocycles. The minimum Gasteiger partial charge on any atom is -0.467 e. The summed E-state index contributed by atoms with van der Waals surface area (Å²) in [4.78, 5) is 12.1. The molecular weight excluding hydrogens is 332 g/mol. The normalized spacial score (nSPS) is 14.8. The lowest BCUT2D eigenvalue weighted by Gasteiger charge is -2.11. The third-order valence-electron chi connectivity index (χ3n) is 4.65. The maximum Gasteiger partial charge on any atom is 0.220 e. The van der Waals surface area contributed by atoms with Crippen molar-refractivity contribution < 1.29 is 9.21 Å². The zero-order valence-electron chi connectivity index (χ0n) is 14.5. The van der Waals surface area contributed by atoms with Crippen molar-refractivity contribution in [2.24, 2.45) is 0 Å². The fourth-order valence-corrected chi connectivity index (χ4v) is 3.27. The van der Waals surface area contributed by atoms with Crippen LogP contribution in [0.25, 0.3) is 5.65 Å². The van der Waals surface area contributed by atoms with Crippen LogP contribution in [-0.2, 0) is 17.8 Å². The van der Waals surface area contributed by atoms with Crippen molar-refractivity contribution in [2.45, 2.75) is 51.1 Å². The van der Waals surface area contributed by atoms with Crippen LogP contribution in [0.3, 0.4) is 0 Å². The van der Waals surface area contributed by atoms with Crippen molar-refractivity contribution in [2.75, 3.05) is 5.32 Å². The number of carbonyl (C=O) groups is 1. The molecule has 0 saturated heterocycles. The van der Waals surface area contributed by atoms with Crippen molar-refractivity contribution in [1.82, 2.24) is 25.1 Å². The lowest BCUT2D eigenvalue weighted by atomic mass is 10.2. The predicted octanol–water partition coefficient (Wildman–Crippen LogP) is 2.32. The molecule has 0 bridgehead atoms. The Morgan fingerprint density at radius 2 is 2.12 bits per heavy atom. The highest BCUT2D eigenvalue weighted by Crippen LogP contribution is 2.18. The summed E-state index contributed by atoms with van der Waals surface area (Å²) in [7, 11) is 0. The van der Waals surface area contributed by atoms with Crippen LogP contribution in [0.2, 0.25) is 0 Å². The van der Waals surface area contributed by atoms with E-state index in [1.807, 2.05) is 24.3 Å². The second-order valence-corrected chi connectivity index (χ2v) is 6.59. The Hall–Kier alpha value is -2.90. The number of aromatic nitrogens is 4. The first-order valence-electron chi connectivity index (χ1n) is 9.05. The monoisotopic (exact) mass is 354 g/mol. The maximum atomic E-state index is 12.1. The molecule has 1 aliphatic carbocycles. The number of rotatable bonds is 7. The van der Waals surface area contributed by atoms with Gasteiger partial charge in [-0.3, -0.25) is 4.79 Å². The summed E-state index contributed by atoms with van der Waals surface area (Å²) < 4.78 is 6.99. The largest absolute Gasteiger partial charge is 0.467 e. The number of hydrogen-bond donors (Lipinski definition) is 2. The van der Waals surface area contributed by atoms with E-state index >= 15 is 0 Å². The van der Waals surface area contributed by atoms with E-state index in [0.29, 0.717) is 42.7 Å². The van der Waals surface area contributed by atoms with E-state index in [-0.39, 0.29) is 5.91 Å².